The standard InChI is InChI=1S/C10H20N2O3S/c1-5-7-12(16(4,14)15)8-6-10(13)11-9(2)3/h5,9H,1,6-8H2,2-4H3,(H,11,13). The van der Waals surface area contributed by atoms with Crippen LogP contribution in [0.4, 0.5) is 0 Å². The Morgan fingerprint density at radius 2 is 2.06 bits per heavy atom. The molecule has 0 fully saturated rings. The Morgan fingerprint density at radius 3 is 2.44 bits per heavy atom. The van der Waals surface area contributed by atoms with Crippen LogP contribution in [0.1, 0.15) is 20.3 Å². The Labute approximate surface area is 97.6 Å². The lowest BCUT2D eigenvalue weighted by molar-refractivity contribution is -0.121. The molecule has 0 bridgehead atoms. The van der Waals surface area contributed by atoms with Crippen molar-refractivity contribution in [3.05, 3.63) is 12.7 Å². The highest BCUT2D eigenvalue weighted by molar-refractivity contribution is 7.88. The minimum atomic E-state index is -3.27. The summed E-state index contributed by atoms with van der Waals surface area (Å²) in [4.78, 5) is 11.3. The summed E-state index contributed by atoms with van der Waals surface area (Å²) in [6, 6.07) is 0.0681. The van der Waals surface area contributed by atoms with Gasteiger partial charge in [-0.15, -0.1) is 6.58 Å². The first-order valence-corrected chi connectivity index (χ1v) is 6.97. The molecule has 1 N–H and O–H groups in total. The van der Waals surface area contributed by atoms with Crippen molar-refractivity contribution in [2.24, 2.45) is 0 Å². The van der Waals surface area contributed by atoms with E-state index >= 15 is 0 Å². The number of carbonyl (C=O) groups is 1. The zero-order chi connectivity index (χ0) is 12.8. The maximum Gasteiger partial charge on any atom is 0.221 e. The van der Waals surface area contributed by atoms with Crippen molar-refractivity contribution < 1.29 is 13.2 Å². The van der Waals surface area contributed by atoms with Crippen LogP contribution in [0.3, 0.4) is 0 Å². The van der Waals surface area contributed by atoms with E-state index in [4.69, 9.17) is 0 Å². The van der Waals surface area contributed by atoms with E-state index in [0.29, 0.717) is 0 Å². The predicted octanol–water partition coefficient (Wildman–Crippen LogP) is 0.349. The molecule has 0 aromatic rings. The summed E-state index contributed by atoms with van der Waals surface area (Å²) in [6.45, 7) is 7.61. The van der Waals surface area contributed by atoms with E-state index in [9.17, 15) is 13.2 Å². The minimum absolute atomic E-state index is 0.0681. The second-order valence-corrected chi connectivity index (χ2v) is 5.86. The normalized spacial score (nSPS) is 11.8. The average Bonchev–Trinajstić information content (AvgIpc) is 2.08. The molecule has 0 aliphatic rings. The molecule has 0 aromatic carbocycles. The quantitative estimate of drug-likeness (QED) is 0.661. The van der Waals surface area contributed by atoms with Gasteiger partial charge in [-0.25, -0.2) is 8.42 Å². The molecule has 5 nitrogen and oxygen atoms in total. The summed E-state index contributed by atoms with van der Waals surface area (Å²) in [5.74, 6) is -0.146. The van der Waals surface area contributed by atoms with Gasteiger partial charge in [0.2, 0.25) is 15.9 Å². The Balaban J connectivity index is 4.23. The van der Waals surface area contributed by atoms with Crippen LogP contribution in [0.5, 0.6) is 0 Å². The van der Waals surface area contributed by atoms with Gasteiger partial charge in [0.25, 0.3) is 0 Å². The predicted molar refractivity (Wildman–Crippen MR) is 64.5 cm³/mol. The maximum atomic E-state index is 11.3. The second kappa shape index (κ2) is 6.65. The molecular formula is C10H20N2O3S. The van der Waals surface area contributed by atoms with Gasteiger partial charge in [0.05, 0.1) is 6.26 Å². The molecule has 0 atom stereocenters. The van der Waals surface area contributed by atoms with Crippen LogP contribution in [-0.4, -0.2) is 44.0 Å². The molecule has 0 saturated carbocycles. The van der Waals surface area contributed by atoms with Crippen LogP contribution in [0, 0.1) is 0 Å². The van der Waals surface area contributed by atoms with Crippen LogP contribution in [-0.2, 0) is 14.8 Å². The van der Waals surface area contributed by atoms with Gasteiger partial charge in [-0.05, 0) is 13.8 Å². The van der Waals surface area contributed by atoms with Gasteiger partial charge in [-0.2, -0.15) is 4.31 Å². The highest BCUT2D eigenvalue weighted by atomic mass is 32.2. The van der Waals surface area contributed by atoms with E-state index in [1.54, 1.807) is 0 Å². The summed E-state index contributed by atoms with van der Waals surface area (Å²) in [7, 11) is -3.27. The monoisotopic (exact) mass is 248 g/mol. The zero-order valence-corrected chi connectivity index (χ0v) is 10.9. The van der Waals surface area contributed by atoms with Crippen molar-refractivity contribution >= 4 is 15.9 Å². The van der Waals surface area contributed by atoms with Crippen LogP contribution >= 0.6 is 0 Å². The van der Waals surface area contributed by atoms with E-state index in [2.05, 4.69) is 11.9 Å². The Bertz CT molecular complexity index is 336. The molecule has 1 amide bonds. The number of rotatable bonds is 7. The topological polar surface area (TPSA) is 66.5 Å². The van der Waals surface area contributed by atoms with Crippen LogP contribution in [0.15, 0.2) is 12.7 Å². The van der Waals surface area contributed by atoms with E-state index in [1.165, 1.54) is 10.4 Å². The zero-order valence-electron chi connectivity index (χ0n) is 10.1. The second-order valence-electron chi connectivity index (χ2n) is 3.88. The third kappa shape index (κ3) is 6.58. The van der Waals surface area contributed by atoms with E-state index in [-0.39, 0.29) is 31.5 Å². The van der Waals surface area contributed by atoms with Gasteiger partial charge >= 0.3 is 0 Å². The number of nitrogens with one attached hydrogen (secondary N) is 1. The van der Waals surface area contributed by atoms with Gasteiger partial charge < -0.3 is 5.32 Å². The summed E-state index contributed by atoms with van der Waals surface area (Å²) in [5, 5.41) is 2.71. The highest BCUT2D eigenvalue weighted by Crippen LogP contribution is 1.99. The molecule has 0 spiro atoms. The number of hydrogen-bond acceptors (Lipinski definition) is 3. The molecule has 0 radical (unpaired) electrons. The fourth-order valence-corrected chi connectivity index (χ4v) is 1.96. The van der Waals surface area contributed by atoms with Crippen molar-refractivity contribution in [1.82, 2.24) is 9.62 Å². The number of nitrogens with zero attached hydrogens (tertiary/aromatic N) is 1. The first kappa shape index (κ1) is 15.1. The first-order chi connectivity index (χ1) is 7.27. The molecule has 0 saturated heterocycles. The van der Waals surface area contributed by atoms with Crippen LogP contribution < -0.4 is 5.32 Å². The van der Waals surface area contributed by atoms with Crippen LogP contribution in [0.25, 0.3) is 0 Å². The Kier molecular flexibility index (Phi) is 6.28. The third-order valence-electron chi connectivity index (χ3n) is 1.84. The average molecular weight is 248 g/mol. The summed E-state index contributed by atoms with van der Waals surface area (Å²) in [6.07, 6.45) is 2.79. The number of hydrogen-bond donors (Lipinski definition) is 1. The summed E-state index contributed by atoms with van der Waals surface area (Å²) >= 11 is 0. The van der Waals surface area contributed by atoms with Crippen molar-refractivity contribution in [3.8, 4) is 0 Å². The summed E-state index contributed by atoms with van der Waals surface area (Å²) in [5.41, 5.74) is 0. The lowest BCUT2D eigenvalue weighted by atomic mass is 10.3. The molecule has 16 heavy (non-hydrogen) atoms. The molecular weight excluding hydrogens is 228 g/mol. The summed E-state index contributed by atoms with van der Waals surface area (Å²) < 4.78 is 23.8. The molecule has 0 unspecified atom stereocenters. The molecule has 0 aromatic heterocycles. The Morgan fingerprint density at radius 1 is 1.50 bits per heavy atom. The number of amides is 1. The minimum Gasteiger partial charge on any atom is -0.354 e. The molecule has 0 aliphatic carbocycles. The van der Waals surface area contributed by atoms with Crippen molar-refractivity contribution in [1.29, 1.82) is 0 Å². The van der Waals surface area contributed by atoms with E-state index < -0.39 is 10.0 Å². The van der Waals surface area contributed by atoms with Crippen molar-refractivity contribution in [2.45, 2.75) is 26.3 Å². The van der Waals surface area contributed by atoms with Gasteiger partial charge in [-0.1, -0.05) is 6.08 Å². The highest BCUT2D eigenvalue weighted by Gasteiger charge is 2.16. The fourth-order valence-electron chi connectivity index (χ4n) is 1.16. The molecule has 94 valence electrons. The molecule has 0 heterocycles. The number of carbonyl (C=O) groups excluding carboxylic acids is 1. The van der Waals surface area contributed by atoms with E-state index in [1.807, 2.05) is 13.8 Å². The van der Waals surface area contributed by atoms with Gasteiger partial charge in [0.1, 0.15) is 0 Å². The third-order valence-corrected chi connectivity index (χ3v) is 3.11. The van der Waals surface area contributed by atoms with Gasteiger partial charge in [0.15, 0.2) is 0 Å². The molecule has 6 heteroatoms. The lowest BCUT2D eigenvalue weighted by Crippen LogP contribution is -2.36. The maximum absolute atomic E-state index is 11.3. The number of sulfonamides is 1. The first-order valence-electron chi connectivity index (χ1n) is 5.12. The lowest BCUT2D eigenvalue weighted by Gasteiger charge is -2.18. The molecule has 0 rings (SSSR count). The SMILES string of the molecule is C=CCN(CCC(=O)NC(C)C)S(C)(=O)=O. The van der Waals surface area contributed by atoms with E-state index in [0.717, 1.165) is 6.26 Å². The largest absolute Gasteiger partial charge is 0.354 e. The van der Waals surface area contributed by atoms with Crippen molar-refractivity contribution in [3.63, 3.8) is 0 Å². The van der Waals surface area contributed by atoms with Crippen molar-refractivity contribution in [2.75, 3.05) is 19.3 Å². The smallest absolute Gasteiger partial charge is 0.221 e. The van der Waals surface area contributed by atoms with Gasteiger partial charge in [-0.3, -0.25) is 4.79 Å². The Hall–Kier alpha value is -0.880. The fraction of sp³-hybridized carbons (Fsp3) is 0.700. The van der Waals surface area contributed by atoms with Gasteiger partial charge in [0, 0.05) is 25.6 Å². The van der Waals surface area contributed by atoms with Crippen LogP contribution in [0.2, 0.25) is 0 Å². The molecule has 0 aliphatic heterocycles.